The first-order chi connectivity index (χ1) is 14.3. The molecule has 0 saturated carbocycles. The molecule has 4 rings (SSSR count). The third kappa shape index (κ3) is 4.25. The molecule has 1 saturated heterocycles. The summed E-state index contributed by atoms with van der Waals surface area (Å²) in [5.41, 5.74) is 1.84. The lowest BCUT2D eigenvalue weighted by Crippen LogP contribution is -2.51. The molecule has 3 aromatic rings. The molecule has 9 heteroatoms. The minimum Gasteiger partial charge on any atom is -0.345 e. The number of hydrogen-bond acceptors (Lipinski definition) is 3. The van der Waals surface area contributed by atoms with Crippen LogP contribution in [0.3, 0.4) is 0 Å². The average molecular weight is 499 g/mol. The number of carbonyl (C=O) groups is 1. The fourth-order valence-corrected chi connectivity index (χ4v) is 5.59. The minimum absolute atomic E-state index is 0.0541. The maximum atomic E-state index is 13.1. The van der Waals surface area contributed by atoms with Gasteiger partial charge in [-0.25, -0.2) is 0 Å². The van der Waals surface area contributed by atoms with E-state index >= 15 is 0 Å². The Morgan fingerprint density at radius 2 is 1.77 bits per heavy atom. The summed E-state index contributed by atoms with van der Waals surface area (Å²) < 4.78 is 0.914. The van der Waals surface area contributed by atoms with E-state index in [4.69, 9.17) is 47.0 Å². The Kier molecular flexibility index (Phi) is 6.42. The fraction of sp³-hybridized carbons (Fsp3) is 0.238. The van der Waals surface area contributed by atoms with Crippen molar-refractivity contribution in [1.82, 2.24) is 9.80 Å². The van der Waals surface area contributed by atoms with Crippen LogP contribution >= 0.6 is 58.4 Å². The van der Waals surface area contributed by atoms with Crippen molar-refractivity contribution in [3.05, 3.63) is 61.9 Å². The van der Waals surface area contributed by atoms with Gasteiger partial charge in [-0.1, -0.05) is 46.9 Å². The van der Waals surface area contributed by atoms with Gasteiger partial charge in [0.05, 0.1) is 5.02 Å². The Hall–Kier alpha value is -1.57. The fourth-order valence-electron chi connectivity index (χ4n) is 3.37. The summed E-state index contributed by atoms with van der Waals surface area (Å²) in [5, 5.41) is 6.57. The molecule has 1 aromatic heterocycles. The van der Waals surface area contributed by atoms with E-state index in [0.29, 0.717) is 51.2 Å². The van der Waals surface area contributed by atoms with Crippen molar-refractivity contribution in [2.45, 2.75) is 6.92 Å². The van der Waals surface area contributed by atoms with E-state index in [1.165, 1.54) is 11.3 Å². The van der Waals surface area contributed by atoms with Gasteiger partial charge in [0, 0.05) is 52.0 Å². The molecule has 0 bridgehead atoms. The number of benzene rings is 2. The number of amides is 1. The molecule has 1 fully saturated rings. The maximum Gasteiger partial charge on any atom is 0.265 e. The van der Waals surface area contributed by atoms with Crippen LogP contribution in [0.25, 0.3) is 10.1 Å². The highest BCUT2D eigenvalue weighted by molar-refractivity contribution is 7.80. The molecule has 2 aromatic carbocycles. The number of fused-ring (bicyclic) bond motifs is 1. The summed E-state index contributed by atoms with van der Waals surface area (Å²) in [7, 11) is 0. The van der Waals surface area contributed by atoms with Crippen LogP contribution in [0.4, 0.5) is 5.69 Å². The molecule has 0 atom stereocenters. The zero-order valence-electron chi connectivity index (χ0n) is 16.0. The van der Waals surface area contributed by atoms with Crippen molar-refractivity contribution in [1.29, 1.82) is 0 Å². The predicted octanol–water partition coefficient (Wildman–Crippen LogP) is 6.32. The lowest BCUT2D eigenvalue weighted by molar-refractivity contribution is 0.0698. The minimum atomic E-state index is -0.0541. The number of nitrogens with zero attached hydrogens (tertiary/aromatic N) is 2. The van der Waals surface area contributed by atoms with Gasteiger partial charge in [0.1, 0.15) is 4.88 Å². The van der Waals surface area contributed by atoms with Crippen molar-refractivity contribution in [3.63, 3.8) is 0 Å². The summed E-state index contributed by atoms with van der Waals surface area (Å²) in [6, 6.07) is 11.2. The van der Waals surface area contributed by atoms with Gasteiger partial charge < -0.3 is 15.1 Å². The molecule has 156 valence electrons. The summed E-state index contributed by atoms with van der Waals surface area (Å²) in [6.45, 7) is 4.38. The van der Waals surface area contributed by atoms with Gasteiger partial charge in [-0.05, 0) is 49.0 Å². The zero-order chi connectivity index (χ0) is 21.4. The molecule has 1 aliphatic heterocycles. The van der Waals surface area contributed by atoms with Gasteiger partial charge in [-0.2, -0.15) is 0 Å². The van der Waals surface area contributed by atoms with Crippen molar-refractivity contribution in [3.8, 4) is 0 Å². The summed E-state index contributed by atoms with van der Waals surface area (Å²) in [5.74, 6) is -0.0541. The number of carbonyl (C=O) groups excluding carboxylic acids is 1. The topological polar surface area (TPSA) is 35.6 Å². The first kappa shape index (κ1) is 21.7. The molecule has 4 nitrogen and oxygen atoms in total. The lowest BCUT2D eigenvalue weighted by atomic mass is 10.2. The number of anilines is 1. The van der Waals surface area contributed by atoms with Gasteiger partial charge in [-0.15, -0.1) is 11.3 Å². The molecule has 0 spiro atoms. The average Bonchev–Trinajstić information content (AvgIpc) is 3.06. The highest BCUT2D eigenvalue weighted by atomic mass is 35.5. The Morgan fingerprint density at radius 1 is 1.07 bits per heavy atom. The Morgan fingerprint density at radius 3 is 2.50 bits per heavy atom. The standard InChI is InChI=1S/C21H18Cl3N3OS2/c1-12-15(23)3-2-4-16(12)25-21(29)27-9-7-26(8-10-27)20(28)19-18(24)14-6-5-13(22)11-17(14)30-19/h2-6,11H,7-10H2,1H3,(H,25,29). The monoisotopic (exact) mass is 497 g/mol. The third-order valence-corrected chi connectivity index (χ3v) is 7.80. The van der Waals surface area contributed by atoms with Crippen molar-refractivity contribution in [2.24, 2.45) is 0 Å². The van der Waals surface area contributed by atoms with Gasteiger partial charge in [0.2, 0.25) is 0 Å². The number of hydrogen-bond donors (Lipinski definition) is 1. The Balaban J connectivity index is 1.42. The molecule has 0 unspecified atom stereocenters. The highest BCUT2D eigenvalue weighted by Crippen LogP contribution is 2.37. The largest absolute Gasteiger partial charge is 0.345 e. The van der Waals surface area contributed by atoms with Crippen molar-refractivity contribution < 1.29 is 4.79 Å². The second-order valence-corrected chi connectivity index (χ2v) is 9.67. The molecular formula is C21H18Cl3N3OS2. The lowest BCUT2D eigenvalue weighted by Gasteiger charge is -2.36. The normalized spacial score (nSPS) is 14.3. The number of rotatable bonds is 2. The van der Waals surface area contributed by atoms with E-state index in [1.807, 2.05) is 42.2 Å². The molecular weight excluding hydrogens is 481 g/mol. The zero-order valence-corrected chi connectivity index (χ0v) is 19.9. The van der Waals surface area contributed by atoms with E-state index in [0.717, 1.165) is 21.3 Å². The van der Waals surface area contributed by atoms with E-state index in [1.54, 1.807) is 6.07 Å². The number of piperazine rings is 1. The number of halogens is 3. The number of thiocarbonyl (C=S) groups is 1. The maximum absolute atomic E-state index is 13.1. The second-order valence-electron chi connectivity index (χ2n) is 7.01. The molecule has 1 amide bonds. The van der Waals surface area contributed by atoms with Crippen LogP contribution in [-0.2, 0) is 0 Å². The molecule has 0 radical (unpaired) electrons. The molecule has 2 heterocycles. The van der Waals surface area contributed by atoms with Crippen molar-refractivity contribution >= 4 is 85.2 Å². The van der Waals surface area contributed by atoms with Crippen LogP contribution in [0.2, 0.25) is 15.1 Å². The van der Waals surface area contributed by atoms with Gasteiger partial charge in [-0.3, -0.25) is 4.79 Å². The van der Waals surface area contributed by atoms with E-state index in [2.05, 4.69) is 10.2 Å². The first-order valence-electron chi connectivity index (χ1n) is 9.33. The summed E-state index contributed by atoms with van der Waals surface area (Å²) >= 11 is 25.7. The number of nitrogens with one attached hydrogen (secondary N) is 1. The molecule has 0 aliphatic carbocycles. The van der Waals surface area contributed by atoms with Crippen LogP contribution in [0.15, 0.2) is 36.4 Å². The molecule has 1 aliphatic rings. The van der Waals surface area contributed by atoms with E-state index in [9.17, 15) is 4.79 Å². The van der Waals surface area contributed by atoms with Crippen LogP contribution in [0.1, 0.15) is 15.2 Å². The van der Waals surface area contributed by atoms with Gasteiger partial charge >= 0.3 is 0 Å². The van der Waals surface area contributed by atoms with E-state index in [-0.39, 0.29) is 5.91 Å². The van der Waals surface area contributed by atoms with Crippen LogP contribution < -0.4 is 5.32 Å². The third-order valence-electron chi connectivity index (χ3n) is 5.15. The predicted molar refractivity (Wildman–Crippen MR) is 132 cm³/mol. The number of thiophene rings is 1. The summed E-state index contributed by atoms with van der Waals surface area (Å²) in [6.07, 6.45) is 0. The Bertz CT molecular complexity index is 1140. The quantitative estimate of drug-likeness (QED) is 0.419. The van der Waals surface area contributed by atoms with Gasteiger partial charge in [0.15, 0.2) is 5.11 Å². The van der Waals surface area contributed by atoms with Gasteiger partial charge in [0.25, 0.3) is 5.91 Å². The Labute approximate surface area is 199 Å². The van der Waals surface area contributed by atoms with Crippen LogP contribution in [-0.4, -0.2) is 47.0 Å². The van der Waals surface area contributed by atoms with Crippen molar-refractivity contribution in [2.75, 3.05) is 31.5 Å². The highest BCUT2D eigenvalue weighted by Gasteiger charge is 2.27. The summed E-state index contributed by atoms with van der Waals surface area (Å²) in [4.78, 5) is 17.5. The molecule has 1 N–H and O–H groups in total. The molecule has 30 heavy (non-hydrogen) atoms. The smallest absolute Gasteiger partial charge is 0.265 e. The van der Waals surface area contributed by atoms with Crippen LogP contribution in [0, 0.1) is 6.92 Å². The SMILES string of the molecule is Cc1c(Cl)cccc1NC(=S)N1CCN(C(=O)c2sc3cc(Cl)ccc3c2Cl)CC1. The van der Waals surface area contributed by atoms with Crippen LogP contribution in [0.5, 0.6) is 0 Å². The second kappa shape index (κ2) is 8.89. The first-order valence-corrected chi connectivity index (χ1v) is 11.7. The van der Waals surface area contributed by atoms with E-state index < -0.39 is 0 Å².